The molecule has 2 fully saturated rings. The third kappa shape index (κ3) is 7.25. The summed E-state index contributed by atoms with van der Waals surface area (Å²) in [5.41, 5.74) is -4.71. The zero-order valence-corrected chi connectivity index (χ0v) is 23.6. The van der Waals surface area contributed by atoms with E-state index in [1.54, 1.807) is 12.4 Å². The molecule has 0 atom stereocenters. The van der Waals surface area contributed by atoms with E-state index in [1.807, 2.05) is 11.0 Å². The predicted molar refractivity (Wildman–Crippen MR) is 148 cm³/mol. The van der Waals surface area contributed by atoms with E-state index in [-0.39, 0.29) is 12.1 Å². The lowest BCUT2D eigenvalue weighted by Gasteiger charge is -2.36. The Hall–Kier alpha value is -3.75. The molecule has 0 amide bonds. The van der Waals surface area contributed by atoms with Gasteiger partial charge in [0.15, 0.2) is 0 Å². The summed E-state index contributed by atoms with van der Waals surface area (Å²) in [6.07, 6.45) is 2.74. The van der Waals surface area contributed by atoms with Crippen molar-refractivity contribution in [3.63, 3.8) is 0 Å². The number of nitrogens with one attached hydrogen (secondary N) is 1. The van der Waals surface area contributed by atoms with E-state index in [2.05, 4.69) is 20.2 Å². The van der Waals surface area contributed by atoms with Gasteiger partial charge in [0.1, 0.15) is 11.6 Å². The predicted octanol–water partition coefficient (Wildman–Crippen LogP) is 5.92. The van der Waals surface area contributed by atoms with Crippen LogP contribution in [0.2, 0.25) is 0 Å². The molecule has 0 spiro atoms. The number of ether oxygens (including phenoxy) is 1. The number of benzene rings is 1. The van der Waals surface area contributed by atoms with Gasteiger partial charge in [0.2, 0.25) is 0 Å². The SMILES string of the molecule is O=S(=O)(c1ccc(N[C@H]2CC[C@H](Oc3cncc(N4CCN(c5ccc(C(F)(F)F)cn5)CC4)c3)CC2)cc1)C(F)(F)F. The molecule has 1 aromatic carbocycles. The number of rotatable bonds is 7. The Kier molecular flexibility index (Phi) is 8.63. The van der Waals surface area contributed by atoms with Gasteiger partial charge in [-0.15, -0.1) is 0 Å². The number of sulfone groups is 1. The molecule has 3 aromatic rings. The van der Waals surface area contributed by atoms with Crippen LogP contribution in [-0.4, -0.2) is 62.2 Å². The number of aromatic nitrogens is 2. The first-order valence-corrected chi connectivity index (χ1v) is 15.1. The van der Waals surface area contributed by atoms with Gasteiger partial charge in [-0.1, -0.05) is 0 Å². The summed E-state index contributed by atoms with van der Waals surface area (Å²) in [6, 6.07) is 8.97. The molecule has 0 unspecified atom stereocenters. The first kappa shape index (κ1) is 30.7. The van der Waals surface area contributed by atoms with E-state index in [0.717, 1.165) is 55.8 Å². The van der Waals surface area contributed by atoms with Crippen molar-refractivity contribution in [1.29, 1.82) is 0 Å². The second kappa shape index (κ2) is 12.1. The molecular formula is C28H29F6N5O3S. The maximum atomic E-state index is 12.8. The maximum absolute atomic E-state index is 12.8. The Labute approximate surface area is 244 Å². The van der Waals surface area contributed by atoms with Gasteiger partial charge < -0.3 is 19.9 Å². The Balaban J connectivity index is 1.09. The fourth-order valence-corrected chi connectivity index (χ4v) is 5.96. The highest BCUT2D eigenvalue weighted by Crippen LogP contribution is 2.33. The summed E-state index contributed by atoms with van der Waals surface area (Å²) in [5, 5.41) is 3.25. The summed E-state index contributed by atoms with van der Waals surface area (Å²) < 4.78 is 106. The molecule has 1 aliphatic heterocycles. The van der Waals surface area contributed by atoms with Gasteiger partial charge in [-0.05, 0) is 62.1 Å². The smallest absolute Gasteiger partial charge is 0.489 e. The minimum atomic E-state index is -5.38. The first-order valence-electron chi connectivity index (χ1n) is 13.6. The number of piperazine rings is 1. The minimum absolute atomic E-state index is 0.0444. The lowest BCUT2D eigenvalue weighted by Crippen LogP contribution is -2.46. The lowest BCUT2D eigenvalue weighted by molar-refractivity contribution is -0.137. The molecule has 1 aliphatic carbocycles. The van der Waals surface area contributed by atoms with E-state index >= 15 is 0 Å². The molecule has 1 saturated heterocycles. The number of pyridine rings is 2. The van der Waals surface area contributed by atoms with E-state index in [4.69, 9.17) is 4.74 Å². The number of alkyl halides is 6. The van der Waals surface area contributed by atoms with Crippen molar-refractivity contribution in [2.45, 2.75) is 54.4 Å². The average Bonchev–Trinajstić information content (AvgIpc) is 2.98. The number of halogens is 6. The molecule has 3 heterocycles. The maximum Gasteiger partial charge on any atom is 0.501 e. The van der Waals surface area contributed by atoms with Crippen LogP contribution in [0, 0.1) is 0 Å². The zero-order chi connectivity index (χ0) is 30.8. The van der Waals surface area contributed by atoms with Crippen LogP contribution in [0.3, 0.4) is 0 Å². The van der Waals surface area contributed by atoms with Gasteiger partial charge in [-0.3, -0.25) is 4.98 Å². The Morgan fingerprint density at radius 2 is 1.47 bits per heavy atom. The summed E-state index contributed by atoms with van der Waals surface area (Å²) in [5.74, 6) is 1.13. The van der Waals surface area contributed by atoms with Crippen molar-refractivity contribution in [3.05, 3.63) is 66.6 Å². The highest BCUT2D eigenvalue weighted by molar-refractivity contribution is 7.92. The van der Waals surface area contributed by atoms with Crippen LogP contribution in [0.25, 0.3) is 0 Å². The number of nitrogens with zero attached hydrogens (tertiary/aromatic N) is 4. The van der Waals surface area contributed by atoms with Gasteiger partial charge in [-0.2, -0.15) is 26.3 Å². The molecule has 8 nitrogen and oxygen atoms in total. The zero-order valence-electron chi connectivity index (χ0n) is 22.8. The number of anilines is 3. The highest BCUT2D eigenvalue weighted by Gasteiger charge is 2.46. The summed E-state index contributed by atoms with van der Waals surface area (Å²) in [7, 11) is -5.38. The molecule has 2 aromatic heterocycles. The van der Waals surface area contributed by atoms with Crippen LogP contribution in [-0.2, 0) is 16.0 Å². The van der Waals surface area contributed by atoms with E-state index in [0.29, 0.717) is 43.4 Å². The molecular weight excluding hydrogens is 600 g/mol. The summed E-state index contributed by atoms with van der Waals surface area (Å²) in [4.78, 5) is 11.6. The van der Waals surface area contributed by atoms with Crippen LogP contribution in [0.1, 0.15) is 31.2 Å². The van der Waals surface area contributed by atoms with Gasteiger partial charge in [-0.25, -0.2) is 13.4 Å². The second-order valence-electron chi connectivity index (χ2n) is 10.5. The molecule has 1 saturated carbocycles. The van der Waals surface area contributed by atoms with Crippen molar-refractivity contribution in [2.75, 3.05) is 41.3 Å². The standard InChI is InChI=1S/C28H29F6N5O3S/c29-27(30,31)19-1-10-26(36-16-19)39-13-11-38(12-14-39)22-15-24(18-35-17-22)42-23-6-2-20(3-7-23)37-21-4-8-25(9-5-21)43(40,41)28(32,33)34/h1,4-5,8-10,15-18,20,23,37H,2-3,6-7,11-14H2/t20-,23-. The van der Waals surface area contributed by atoms with E-state index in [1.165, 1.54) is 18.2 Å². The van der Waals surface area contributed by atoms with Crippen molar-refractivity contribution >= 4 is 27.0 Å². The van der Waals surface area contributed by atoms with Crippen LogP contribution in [0.15, 0.2) is 66.0 Å². The molecule has 43 heavy (non-hydrogen) atoms. The summed E-state index contributed by atoms with van der Waals surface area (Å²) in [6.45, 7) is 2.43. The Bertz CT molecular complexity index is 1490. The van der Waals surface area contributed by atoms with E-state index < -0.39 is 32.0 Å². The van der Waals surface area contributed by atoms with Crippen LogP contribution in [0.5, 0.6) is 5.75 Å². The fourth-order valence-electron chi connectivity index (χ4n) is 5.20. The quantitative estimate of drug-likeness (QED) is 0.323. The Morgan fingerprint density at radius 1 is 0.814 bits per heavy atom. The monoisotopic (exact) mass is 629 g/mol. The van der Waals surface area contributed by atoms with Gasteiger partial charge in [0.05, 0.1) is 34.6 Å². The lowest BCUT2D eigenvalue weighted by atomic mass is 9.92. The van der Waals surface area contributed by atoms with Gasteiger partial charge >= 0.3 is 11.7 Å². The van der Waals surface area contributed by atoms with E-state index in [9.17, 15) is 34.8 Å². The highest BCUT2D eigenvalue weighted by atomic mass is 32.2. The van der Waals surface area contributed by atoms with Crippen molar-refractivity contribution in [3.8, 4) is 5.75 Å². The molecule has 232 valence electrons. The normalized spacial score (nSPS) is 20.1. The molecule has 0 radical (unpaired) electrons. The van der Waals surface area contributed by atoms with Crippen molar-refractivity contribution in [1.82, 2.24) is 9.97 Å². The summed E-state index contributed by atoms with van der Waals surface area (Å²) >= 11 is 0. The fraction of sp³-hybridized carbons (Fsp3) is 0.429. The van der Waals surface area contributed by atoms with Crippen LogP contribution < -0.4 is 19.9 Å². The van der Waals surface area contributed by atoms with Crippen LogP contribution in [0.4, 0.5) is 43.5 Å². The number of hydrogen-bond acceptors (Lipinski definition) is 8. The number of hydrogen-bond donors (Lipinski definition) is 1. The second-order valence-corrected chi connectivity index (χ2v) is 12.4. The van der Waals surface area contributed by atoms with Crippen LogP contribution >= 0.6 is 0 Å². The molecule has 0 bridgehead atoms. The minimum Gasteiger partial charge on any atom is -0.489 e. The molecule has 2 aliphatic rings. The Morgan fingerprint density at radius 3 is 2.05 bits per heavy atom. The van der Waals surface area contributed by atoms with Crippen molar-refractivity contribution < 1.29 is 39.5 Å². The largest absolute Gasteiger partial charge is 0.501 e. The molecule has 1 N–H and O–H groups in total. The van der Waals surface area contributed by atoms with Gasteiger partial charge in [0.25, 0.3) is 9.84 Å². The molecule has 15 heteroatoms. The molecule has 5 rings (SSSR count). The topological polar surface area (TPSA) is 87.7 Å². The first-order chi connectivity index (χ1) is 20.3. The third-order valence-corrected chi connectivity index (χ3v) is 9.06. The van der Waals surface area contributed by atoms with Crippen molar-refractivity contribution in [2.24, 2.45) is 0 Å². The third-order valence-electron chi connectivity index (χ3n) is 7.56. The van der Waals surface area contributed by atoms with Gasteiger partial charge in [0, 0.05) is 50.2 Å². The average molecular weight is 630 g/mol.